The average molecular weight is 359 g/mol. The average Bonchev–Trinajstić information content (AvgIpc) is 2.57. The molecule has 0 radical (unpaired) electrons. The highest BCUT2D eigenvalue weighted by molar-refractivity contribution is 8.01. The maximum Gasteiger partial charge on any atom is 0.347 e. The van der Waals surface area contributed by atoms with Crippen LogP contribution in [0.2, 0.25) is 0 Å². The molecule has 0 amide bonds. The Kier molecular flexibility index (Phi) is 6.21. The van der Waals surface area contributed by atoms with Crippen molar-refractivity contribution >= 4 is 17.7 Å². The number of benzene rings is 1. The number of carboxylic acid groups (broad SMARTS) is 1. The SMILES string of the molecule is N[C@H]1C([C@H](O)[C@H](O)CO)O[C@@](Sc2ccccc2)(C(=O)O)C[C@H]1O. The van der Waals surface area contributed by atoms with Crippen LogP contribution in [0.5, 0.6) is 0 Å². The standard InChI is InChI=1S/C15H21NO7S/c16-11-9(18)6-15(14(21)22,24-8-4-2-1-3-5-8)23-13(11)12(20)10(19)7-17/h1-5,9-13,17-20H,6-7,16H2,(H,21,22)/t9-,10-,11-,12-,13?,15+/m1/s1. The van der Waals surface area contributed by atoms with Crippen LogP contribution in [0.15, 0.2) is 35.2 Å². The van der Waals surface area contributed by atoms with Gasteiger partial charge in [0, 0.05) is 11.3 Å². The summed E-state index contributed by atoms with van der Waals surface area (Å²) in [5.74, 6) is -1.34. The van der Waals surface area contributed by atoms with E-state index in [4.69, 9.17) is 15.6 Å². The first-order chi connectivity index (χ1) is 11.3. The summed E-state index contributed by atoms with van der Waals surface area (Å²) in [5, 5.41) is 48.5. The Morgan fingerprint density at radius 1 is 1.38 bits per heavy atom. The molecular weight excluding hydrogens is 338 g/mol. The van der Waals surface area contributed by atoms with Crippen molar-refractivity contribution in [2.24, 2.45) is 5.73 Å². The Morgan fingerprint density at radius 2 is 2.00 bits per heavy atom. The van der Waals surface area contributed by atoms with E-state index in [9.17, 15) is 25.2 Å². The lowest BCUT2D eigenvalue weighted by molar-refractivity contribution is -0.201. The highest BCUT2D eigenvalue weighted by Crippen LogP contribution is 2.43. The summed E-state index contributed by atoms with van der Waals surface area (Å²) < 4.78 is 5.56. The summed E-state index contributed by atoms with van der Waals surface area (Å²) in [5.41, 5.74) is 5.80. The van der Waals surface area contributed by atoms with E-state index in [1.165, 1.54) is 0 Å². The molecule has 1 saturated heterocycles. The topological polar surface area (TPSA) is 153 Å². The lowest BCUT2D eigenvalue weighted by Crippen LogP contribution is -2.64. The van der Waals surface area contributed by atoms with Gasteiger partial charge in [-0.2, -0.15) is 0 Å². The van der Waals surface area contributed by atoms with Crippen molar-refractivity contribution in [3.8, 4) is 0 Å². The molecule has 0 bridgehead atoms. The summed E-state index contributed by atoms with van der Waals surface area (Å²) in [6, 6.07) is 7.50. The van der Waals surface area contributed by atoms with E-state index >= 15 is 0 Å². The number of thioether (sulfide) groups is 1. The fourth-order valence-corrected chi connectivity index (χ4v) is 3.70. The second-order valence-electron chi connectivity index (χ2n) is 5.64. The molecule has 1 aromatic rings. The lowest BCUT2D eigenvalue weighted by atomic mass is 9.90. The highest BCUT2D eigenvalue weighted by Gasteiger charge is 2.54. The highest BCUT2D eigenvalue weighted by atomic mass is 32.2. The first kappa shape index (κ1) is 19.1. The van der Waals surface area contributed by atoms with E-state index in [0.717, 1.165) is 11.8 Å². The van der Waals surface area contributed by atoms with Gasteiger partial charge in [-0.3, -0.25) is 0 Å². The van der Waals surface area contributed by atoms with E-state index in [1.807, 2.05) is 0 Å². The molecule has 6 atom stereocenters. The van der Waals surface area contributed by atoms with Crippen molar-refractivity contribution in [3.63, 3.8) is 0 Å². The zero-order chi connectivity index (χ0) is 17.9. The molecule has 1 fully saturated rings. The Hall–Kier alpha value is -1.20. The van der Waals surface area contributed by atoms with Crippen LogP contribution < -0.4 is 5.73 Å². The number of nitrogens with two attached hydrogens (primary N) is 1. The number of carboxylic acids is 1. The zero-order valence-electron chi connectivity index (χ0n) is 12.7. The van der Waals surface area contributed by atoms with Gasteiger partial charge in [-0.25, -0.2) is 4.79 Å². The van der Waals surface area contributed by atoms with E-state index in [2.05, 4.69) is 0 Å². The van der Waals surface area contributed by atoms with E-state index < -0.39 is 48.0 Å². The minimum Gasteiger partial charge on any atom is -0.478 e. The van der Waals surface area contributed by atoms with Crippen LogP contribution >= 0.6 is 11.8 Å². The number of aliphatic hydroxyl groups is 4. The van der Waals surface area contributed by atoms with Crippen LogP contribution in [-0.2, 0) is 9.53 Å². The van der Waals surface area contributed by atoms with Crippen LogP contribution in [0.4, 0.5) is 0 Å². The van der Waals surface area contributed by atoms with Gasteiger partial charge in [0.1, 0.15) is 18.3 Å². The van der Waals surface area contributed by atoms with Gasteiger partial charge in [-0.15, -0.1) is 0 Å². The summed E-state index contributed by atoms with van der Waals surface area (Å²) >= 11 is 0.874. The smallest absolute Gasteiger partial charge is 0.347 e. The minimum atomic E-state index is -1.88. The third-order valence-corrected chi connectivity index (χ3v) is 5.17. The number of hydrogen-bond donors (Lipinski definition) is 6. The molecule has 7 N–H and O–H groups in total. The molecule has 24 heavy (non-hydrogen) atoms. The molecule has 134 valence electrons. The monoisotopic (exact) mass is 359 g/mol. The molecule has 9 heteroatoms. The van der Waals surface area contributed by atoms with Crippen LogP contribution in [0, 0.1) is 0 Å². The zero-order valence-corrected chi connectivity index (χ0v) is 13.5. The summed E-state index contributed by atoms with van der Waals surface area (Å²) in [4.78, 5) is 10.6. The molecule has 2 rings (SSSR count). The number of aliphatic carboxylic acids is 1. The number of rotatable bonds is 6. The van der Waals surface area contributed by atoms with E-state index in [1.54, 1.807) is 30.3 Å². The van der Waals surface area contributed by atoms with Crippen molar-refractivity contribution in [1.29, 1.82) is 0 Å². The maximum absolute atomic E-state index is 11.8. The fourth-order valence-electron chi connectivity index (χ4n) is 2.53. The second-order valence-corrected chi connectivity index (χ2v) is 6.98. The first-order valence-corrected chi connectivity index (χ1v) is 8.18. The molecule has 0 aromatic heterocycles. The van der Waals surface area contributed by atoms with Gasteiger partial charge < -0.3 is 36.0 Å². The van der Waals surface area contributed by atoms with Crippen molar-refractivity contribution in [3.05, 3.63) is 30.3 Å². The van der Waals surface area contributed by atoms with Crippen molar-refractivity contribution in [2.75, 3.05) is 6.61 Å². The molecule has 0 saturated carbocycles. The van der Waals surface area contributed by atoms with Crippen molar-refractivity contribution in [1.82, 2.24) is 0 Å². The molecule has 1 aromatic carbocycles. The van der Waals surface area contributed by atoms with E-state index in [-0.39, 0.29) is 6.42 Å². The lowest BCUT2D eigenvalue weighted by Gasteiger charge is -2.45. The third-order valence-electron chi connectivity index (χ3n) is 3.90. The van der Waals surface area contributed by atoms with Gasteiger partial charge in [0.05, 0.1) is 18.8 Å². The van der Waals surface area contributed by atoms with Crippen LogP contribution in [-0.4, -0.2) is 73.5 Å². The van der Waals surface area contributed by atoms with Crippen LogP contribution in [0.1, 0.15) is 6.42 Å². The maximum atomic E-state index is 11.8. The van der Waals surface area contributed by atoms with Gasteiger partial charge in [0.25, 0.3) is 0 Å². The molecule has 0 aliphatic carbocycles. The van der Waals surface area contributed by atoms with Gasteiger partial charge >= 0.3 is 5.97 Å². The summed E-state index contributed by atoms with van der Waals surface area (Å²) in [7, 11) is 0. The molecule has 1 aliphatic rings. The number of hydrogen-bond acceptors (Lipinski definition) is 8. The predicted molar refractivity (Wildman–Crippen MR) is 85.2 cm³/mol. The molecular formula is C15H21NO7S. The van der Waals surface area contributed by atoms with E-state index in [0.29, 0.717) is 4.90 Å². The molecule has 1 unspecified atom stereocenters. The fraction of sp³-hybridized carbons (Fsp3) is 0.533. The Morgan fingerprint density at radius 3 is 2.54 bits per heavy atom. The Labute approximate surface area is 142 Å². The first-order valence-electron chi connectivity index (χ1n) is 7.36. The molecule has 1 aliphatic heterocycles. The van der Waals surface area contributed by atoms with Gasteiger partial charge in [0.2, 0.25) is 4.93 Å². The van der Waals surface area contributed by atoms with Crippen molar-refractivity contribution < 1.29 is 35.1 Å². The quantitative estimate of drug-likeness (QED) is 0.366. The Balaban J connectivity index is 2.32. The molecule has 8 nitrogen and oxygen atoms in total. The van der Waals surface area contributed by atoms with Crippen molar-refractivity contribution in [2.45, 2.75) is 46.7 Å². The normalized spacial score (nSPS) is 33.0. The second kappa shape index (κ2) is 7.79. The summed E-state index contributed by atoms with van der Waals surface area (Å²) in [6.07, 6.45) is -6.13. The van der Waals surface area contributed by atoms with Gasteiger partial charge in [0.15, 0.2) is 0 Å². The predicted octanol–water partition coefficient (Wildman–Crippen LogP) is -1.25. The van der Waals surface area contributed by atoms with Crippen LogP contribution in [0.25, 0.3) is 0 Å². The third kappa shape index (κ3) is 3.89. The number of aliphatic hydroxyl groups excluding tert-OH is 4. The summed E-state index contributed by atoms with van der Waals surface area (Å²) in [6.45, 7) is -0.754. The van der Waals surface area contributed by atoms with Crippen LogP contribution in [0.3, 0.4) is 0 Å². The number of ether oxygens (including phenoxy) is 1. The molecule has 0 spiro atoms. The number of carbonyl (C=O) groups is 1. The van der Waals surface area contributed by atoms with Gasteiger partial charge in [-0.1, -0.05) is 30.0 Å². The largest absolute Gasteiger partial charge is 0.478 e. The molecule has 1 heterocycles. The van der Waals surface area contributed by atoms with Gasteiger partial charge in [-0.05, 0) is 12.1 Å². The Bertz CT molecular complexity index is 560. The minimum absolute atomic E-state index is 0.290.